The molecule has 1 aromatic carbocycles. The van der Waals surface area contributed by atoms with E-state index in [1.807, 2.05) is 24.3 Å². The van der Waals surface area contributed by atoms with Gasteiger partial charge in [-0.05, 0) is 31.9 Å². The third kappa shape index (κ3) is 2.26. The molecule has 1 aromatic heterocycles. The van der Waals surface area contributed by atoms with Crippen LogP contribution in [-0.2, 0) is 14.9 Å². The van der Waals surface area contributed by atoms with Gasteiger partial charge in [0.2, 0.25) is 11.7 Å². The topological polar surface area (TPSA) is 74.5 Å². The maximum absolute atomic E-state index is 12.0. The molecule has 1 fully saturated rings. The van der Waals surface area contributed by atoms with Crippen molar-refractivity contribution in [3.05, 3.63) is 30.2 Å². The maximum atomic E-state index is 12.0. The lowest BCUT2D eigenvalue weighted by atomic mass is 10.1. The van der Waals surface area contributed by atoms with Gasteiger partial charge in [0.05, 0.1) is 19.3 Å². The summed E-state index contributed by atoms with van der Waals surface area (Å²) in [5.41, 5.74) is -0.0156. The van der Waals surface area contributed by atoms with Crippen molar-refractivity contribution in [3.63, 3.8) is 0 Å². The number of carbonyl (C=O) groups is 1. The van der Waals surface area contributed by atoms with Gasteiger partial charge < -0.3 is 14.0 Å². The van der Waals surface area contributed by atoms with E-state index in [1.165, 1.54) is 0 Å². The first kappa shape index (κ1) is 13.6. The molecule has 0 N–H and O–H groups in total. The summed E-state index contributed by atoms with van der Waals surface area (Å²) in [7, 11) is 1.58. The minimum Gasteiger partial charge on any atom is -0.496 e. The van der Waals surface area contributed by atoms with Crippen LogP contribution < -0.4 is 4.74 Å². The molecule has 1 saturated carbocycles. The van der Waals surface area contributed by atoms with Gasteiger partial charge in [-0.1, -0.05) is 17.3 Å². The minimum absolute atomic E-state index is 0.291. The van der Waals surface area contributed by atoms with Crippen LogP contribution in [0.4, 0.5) is 0 Å². The summed E-state index contributed by atoms with van der Waals surface area (Å²) in [5.74, 6) is 1.10. The fourth-order valence-corrected chi connectivity index (χ4v) is 2.26. The SMILES string of the molecule is CCOC(=O)C1(c2nc(-c3ccccc3OC)no2)CC1. The highest BCUT2D eigenvalue weighted by Gasteiger charge is 2.57. The number of rotatable bonds is 5. The van der Waals surface area contributed by atoms with E-state index in [0.29, 0.717) is 36.9 Å². The van der Waals surface area contributed by atoms with Crippen LogP contribution in [-0.4, -0.2) is 29.8 Å². The van der Waals surface area contributed by atoms with E-state index in [9.17, 15) is 4.79 Å². The van der Waals surface area contributed by atoms with Crippen molar-refractivity contribution < 1.29 is 18.8 Å². The first-order valence-electron chi connectivity index (χ1n) is 6.86. The molecule has 0 spiro atoms. The van der Waals surface area contributed by atoms with E-state index >= 15 is 0 Å². The average Bonchev–Trinajstić information content (AvgIpc) is 3.18. The van der Waals surface area contributed by atoms with Crippen molar-refractivity contribution >= 4 is 5.97 Å². The van der Waals surface area contributed by atoms with Gasteiger partial charge in [-0.3, -0.25) is 4.79 Å². The number of methoxy groups -OCH3 is 1. The number of aromatic nitrogens is 2. The molecule has 1 heterocycles. The number of para-hydroxylation sites is 1. The standard InChI is InChI=1S/C15H16N2O4/c1-3-20-14(18)15(8-9-15)13-16-12(17-21-13)10-6-4-5-7-11(10)19-2/h4-7H,3,8-9H2,1-2H3. The van der Waals surface area contributed by atoms with Crippen molar-refractivity contribution in [2.75, 3.05) is 13.7 Å². The van der Waals surface area contributed by atoms with E-state index in [4.69, 9.17) is 14.0 Å². The molecule has 0 bridgehead atoms. The van der Waals surface area contributed by atoms with Crippen molar-refractivity contribution in [3.8, 4) is 17.1 Å². The smallest absolute Gasteiger partial charge is 0.321 e. The van der Waals surface area contributed by atoms with Crippen LogP contribution in [0.5, 0.6) is 5.75 Å². The predicted molar refractivity (Wildman–Crippen MR) is 73.8 cm³/mol. The molecule has 3 rings (SSSR count). The molecule has 0 saturated heterocycles. The molecule has 6 heteroatoms. The van der Waals surface area contributed by atoms with E-state index in [2.05, 4.69) is 10.1 Å². The molecule has 21 heavy (non-hydrogen) atoms. The molecular weight excluding hydrogens is 272 g/mol. The number of esters is 1. The van der Waals surface area contributed by atoms with Crippen molar-refractivity contribution in [2.45, 2.75) is 25.2 Å². The van der Waals surface area contributed by atoms with Crippen LogP contribution in [0.2, 0.25) is 0 Å². The number of hydrogen-bond donors (Lipinski definition) is 0. The Hall–Kier alpha value is -2.37. The van der Waals surface area contributed by atoms with Gasteiger partial charge in [0, 0.05) is 0 Å². The van der Waals surface area contributed by atoms with Gasteiger partial charge in [-0.25, -0.2) is 0 Å². The Kier molecular flexibility index (Phi) is 3.37. The number of benzene rings is 1. The largest absolute Gasteiger partial charge is 0.496 e. The van der Waals surface area contributed by atoms with Crippen LogP contribution >= 0.6 is 0 Å². The Balaban J connectivity index is 1.92. The van der Waals surface area contributed by atoms with Crippen molar-refractivity contribution in [1.29, 1.82) is 0 Å². The molecule has 0 atom stereocenters. The Morgan fingerprint density at radius 1 is 1.38 bits per heavy atom. The lowest BCUT2D eigenvalue weighted by molar-refractivity contribution is -0.146. The molecule has 1 aliphatic rings. The number of hydrogen-bond acceptors (Lipinski definition) is 6. The van der Waals surface area contributed by atoms with Crippen LogP contribution in [0.3, 0.4) is 0 Å². The molecule has 0 unspecified atom stereocenters. The summed E-state index contributed by atoms with van der Waals surface area (Å²) < 4.78 is 15.7. The zero-order valence-corrected chi connectivity index (χ0v) is 12.0. The Morgan fingerprint density at radius 3 is 2.81 bits per heavy atom. The van der Waals surface area contributed by atoms with Crippen molar-refractivity contribution in [2.24, 2.45) is 0 Å². The minimum atomic E-state index is -0.747. The number of nitrogens with zero attached hydrogens (tertiary/aromatic N) is 2. The summed E-state index contributed by atoms with van der Waals surface area (Å²) in [5, 5.41) is 3.97. The van der Waals surface area contributed by atoms with Crippen LogP contribution in [0.15, 0.2) is 28.8 Å². The van der Waals surface area contributed by atoms with Crippen LogP contribution in [0, 0.1) is 0 Å². The highest BCUT2D eigenvalue weighted by molar-refractivity contribution is 5.85. The Bertz CT molecular complexity index is 661. The second kappa shape index (κ2) is 5.20. The van der Waals surface area contributed by atoms with Gasteiger partial charge in [0.1, 0.15) is 11.2 Å². The molecule has 0 aliphatic heterocycles. The van der Waals surface area contributed by atoms with Crippen molar-refractivity contribution in [1.82, 2.24) is 10.1 Å². The zero-order valence-electron chi connectivity index (χ0n) is 12.0. The normalized spacial score (nSPS) is 15.5. The average molecular weight is 288 g/mol. The first-order chi connectivity index (χ1) is 10.2. The first-order valence-corrected chi connectivity index (χ1v) is 6.86. The lowest BCUT2D eigenvalue weighted by Gasteiger charge is -2.08. The number of ether oxygens (including phenoxy) is 2. The quantitative estimate of drug-likeness (QED) is 0.786. The molecule has 6 nitrogen and oxygen atoms in total. The second-order valence-corrected chi connectivity index (χ2v) is 4.93. The van der Waals surface area contributed by atoms with Crippen LogP contribution in [0.1, 0.15) is 25.7 Å². The van der Waals surface area contributed by atoms with Gasteiger partial charge in [0.15, 0.2) is 0 Å². The monoisotopic (exact) mass is 288 g/mol. The van der Waals surface area contributed by atoms with Gasteiger partial charge >= 0.3 is 5.97 Å². The fourth-order valence-electron chi connectivity index (χ4n) is 2.26. The highest BCUT2D eigenvalue weighted by atomic mass is 16.5. The summed E-state index contributed by atoms with van der Waals surface area (Å²) >= 11 is 0. The fraction of sp³-hybridized carbons (Fsp3) is 0.400. The molecule has 2 aromatic rings. The molecular formula is C15H16N2O4. The van der Waals surface area contributed by atoms with Gasteiger partial charge in [-0.2, -0.15) is 4.98 Å². The number of carbonyl (C=O) groups excluding carboxylic acids is 1. The highest BCUT2D eigenvalue weighted by Crippen LogP contribution is 2.49. The predicted octanol–water partition coefficient (Wildman–Crippen LogP) is 2.34. The summed E-state index contributed by atoms with van der Waals surface area (Å²) in [6, 6.07) is 7.40. The molecule has 0 amide bonds. The molecule has 0 radical (unpaired) electrons. The van der Waals surface area contributed by atoms with Gasteiger partial charge in [0.25, 0.3) is 0 Å². The third-order valence-corrected chi connectivity index (χ3v) is 3.60. The van der Waals surface area contributed by atoms with Gasteiger partial charge in [-0.15, -0.1) is 0 Å². The van der Waals surface area contributed by atoms with E-state index in [-0.39, 0.29) is 5.97 Å². The third-order valence-electron chi connectivity index (χ3n) is 3.60. The zero-order chi connectivity index (χ0) is 14.9. The van der Waals surface area contributed by atoms with E-state index in [1.54, 1.807) is 14.0 Å². The van der Waals surface area contributed by atoms with Crippen LogP contribution in [0.25, 0.3) is 11.4 Å². The molecule has 1 aliphatic carbocycles. The second-order valence-electron chi connectivity index (χ2n) is 4.93. The summed E-state index contributed by atoms with van der Waals surface area (Å²) in [4.78, 5) is 16.4. The van der Waals surface area contributed by atoms with E-state index < -0.39 is 5.41 Å². The maximum Gasteiger partial charge on any atom is 0.321 e. The Labute approximate surface area is 122 Å². The summed E-state index contributed by atoms with van der Waals surface area (Å²) in [6.07, 6.45) is 1.36. The molecule has 110 valence electrons. The lowest BCUT2D eigenvalue weighted by Crippen LogP contribution is -2.23. The summed E-state index contributed by atoms with van der Waals surface area (Å²) in [6.45, 7) is 2.12. The van der Waals surface area contributed by atoms with E-state index in [0.717, 1.165) is 5.56 Å². The Morgan fingerprint density at radius 2 is 2.14 bits per heavy atom.